The SMILES string of the molecule is CCNCCc1nnc(-c2cccnc2)s1. The molecular weight excluding hydrogens is 220 g/mol. The highest BCUT2D eigenvalue weighted by molar-refractivity contribution is 7.14. The Morgan fingerprint density at radius 1 is 1.38 bits per heavy atom. The van der Waals surface area contributed by atoms with E-state index in [9.17, 15) is 0 Å². The third-order valence-electron chi connectivity index (χ3n) is 2.14. The molecule has 0 radical (unpaired) electrons. The minimum absolute atomic E-state index is 0.936. The Morgan fingerprint density at radius 3 is 3.06 bits per heavy atom. The van der Waals surface area contributed by atoms with Gasteiger partial charge in [-0.15, -0.1) is 10.2 Å². The molecule has 2 heterocycles. The van der Waals surface area contributed by atoms with Crippen molar-refractivity contribution in [3.63, 3.8) is 0 Å². The molecule has 84 valence electrons. The molecule has 0 spiro atoms. The molecule has 5 heteroatoms. The van der Waals surface area contributed by atoms with Crippen LogP contribution in [0.4, 0.5) is 0 Å². The van der Waals surface area contributed by atoms with Crippen molar-refractivity contribution < 1.29 is 0 Å². The van der Waals surface area contributed by atoms with Crippen LogP contribution in [0.3, 0.4) is 0 Å². The summed E-state index contributed by atoms with van der Waals surface area (Å²) in [5.41, 5.74) is 1.04. The number of hydrogen-bond acceptors (Lipinski definition) is 5. The lowest BCUT2D eigenvalue weighted by atomic mass is 10.3. The second-order valence-corrected chi connectivity index (χ2v) is 4.41. The standard InChI is InChI=1S/C11H14N4S/c1-2-12-7-5-10-14-15-11(16-10)9-4-3-6-13-8-9/h3-4,6,8,12H,2,5,7H2,1H3. The van der Waals surface area contributed by atoms with Gasteiger partial charge in [-0.05, 0) is 18.7 Å². The average Bonchev–Trinajstić information content (AvgIpc) is 2.79. The van der Waals surface area contributed by atoms with Gasteiger partial charge in [0.2, 0.25) is 0 Å². The molecule has 1 N–H and O–H groups in total. The monoisotopic (exact) mass is 234 g/mol. The number of nitrogens with zero attached hydrogens (tertiary/aromatic N) is 3. The van der Waals surface area contributed by atoms with E-state index in [4.69, 9.17) is 0 Å². The summed E-state index contributed by atoms with van der Waals surface area (Å²) in [6.07, 6.45) is 4.51. The second-order valence-electron chi connectivity index (χ2n) is 3.35. The molecule has 16 heavy (non-hydrogen) atoms. The lowest BCUT2D eigenvalue weighted by Crippen LogP contribution is -2.15. The third kappa shape index (κ3) is 2.84. The van der Waals surface area contributed by atoms with Crippen molar-refractivity contribution in [1.82, 2.24) is 20.5 Å². The Kier molecular flexibility index (Phi) is 3.96. The van der Waals surface area contributed by atoms with Gasteiger partial charge in [-0.1, -0.05) is 18.3 Å². The minimum Gasteiger partial charge on any atom is -0.317 e. The normalized spacial score (nSPS) is 10.6. The zero-order valence-corrected chi connectivity index (χ0v) is 10.00. The molecule has 0 aliphatic carbocycles. The van der Waals surface area contributed by atoms with Crippen LogP contribution in [0.25, 0.3) is 10.6 Å². The van der Waals surface area contributed by atoms with E-state index in [1.54, 1.807) is 17.5 Å². The average molecular weight is 234 g/mol. The van der Waals surface area contributed by atoms with E-state index in [0.29, 0.717) is 0 Å². The molecule has 2 rings (SSSR count). The molecule has 0 aliphatic heterocycles. The number of likely N-dealkylation sites (N-methyl/N-ethyl adjacent to an activating group) is 1. The predicted molar refractivity (Wildman–Crippen MR) is 65.4 cm³/mol. The first-order chi connectivity index (χ1) is 7.90. The van der Waals surface area contributed by atoms with Gasteiger partial charge in [0.15, 0.2) is 0 Å². The number of rotatable bonds is 5. The molecule has 4 nitrogen and oxygen atoms in total. The Hall–Kier alpha value is -1.33. The van der Waals surface area contributed by atoms with E-state index in [-0.39, 0.29) is 0 Å². The van der Waals surface area contributed by atoms with E-state index in [2.05, 4.69) is 27.4 Å². The van der Waals surface area contributed by atoms with Crippen LogP contribution in [-0.4, -0.2) is 28.3 Å². The van der Waals surface area contributed by atoms with E-state index in [1.165, 1.54) is 0 Å². The Balaban J connectivity index is 2.02. The molecule has 2 aromatic rings. The molecule has 0 aliphatic rings. The van der Waals surface area contributed by atoms with Gasteiger partial charge in [0.05, 0.1) is 0 Å². The molecule has 0 amide bonds. The third-order valence-corrected chi connectivity index (χ3v) is 3.17. The van der Waals surface area contributed by atoms with Gasteiger partial charge < -0.3 is 5.32 Å². The van der Waals surface area contributed by atoms with Gasteiger partial charge in [-0.25, -0.2) is 0 Å². The summed E-state index contributed by atoms with van der Waals surface area (Å²) in [6, 6.07) is 3.91. The molecule has 0 atom stereocenters. The summed E-state index contributed by atoms with van der Waals surface area (Å²) in [4.78, 5) is 4.07. The van der Waals surface area contributed by atoms with Crippen LogP contribution in [0, 0.1) is 0 Å². The van der Waals surface area contributed by atoms with Gasteiger partial charge in [0, 0.05) is 30.9 Å². The Labute approximate surface area is 98.8 Å². The van der Waals surface area contributed by atoms with Crippen molar-refractivity contribution in [2.24, 2.45) is 0 Å². The van der Waals surface area contributed by atoms with Crippen molar-refractivity contribution in [2.75, 3.05) is 13.1 Å². The topological polar surface area (TPSA) is 50.7 Å². The maximum absolute atomic E-state index is 4.17. The highest BCUT2D eigenvalue weighted by Gasteiger charge is 2.05. The number of pyridine rings is 1. The summed E-state index contributed by atoms with van der Waals surface area (Å²) < 4.78 is 0. The van der Waals surface area contributed by atoms with E-state index < -0.39 is 0 Å². The largest absolute Gasteiger partial charge is 0.317 e. The van der Waals surface area contributed by atoms with Crippen molar-refractivity contribution in [3.05, 3.63) is 29.5 Å². The van der Waals surface area contributed by atoms with Crippen LogP contribution < -0.4 is 5.32 Å². The van der Waals surface area contributed by atoms with Crippen LogP contribution in [0.5, 0.6) is 0 Å². The quantitative estimate of drug-likeness (QED) is 0.801. The summed E-state index contributed by atoms with van der Waals surface area (Å²) in [5, 5.41) is 13.6. The van der Waals surface area contributed by atoms with Crippen molar-refractivity contribution in [3.8, 4) is 10.6 Å². The van der Waals surface area contributed by atoms with Crippen molar-refractivity contribution >= 4 is 11.3 Å². The number of hydrogen-bond donors (Lipinski definition) is 1. The fraction of sp³-hybridized carbons (Fsp3) is 0.364. The summed E-state index contributed by atoms with van der Waals surface area (Å²) in [5.74, 6) is 0. The van der Waals surface area contributed by atoms with Crippen LogP contribution in [-0.2, 0) is 6.42 Å². The van der Waals surface area contributed by atoms with Gasteiger partial charge in [-0.2, -0.15) is 0 Å². The summed E-state index contributed by atoms with van der Waals surface area (Å²) >= 11 is 1.63. The predicted octanol–water partition coefficient (Wildman–Crippen LogP) is 1.75. The first kappa shape index (κ1) is 11.2. The zero-order chi connectivity index (χ0) is 11.2. The van der Waals surface area contributed by atoms with Gasteiger partial charge in [0.25, 0.3) is 0 Å². The van der Waals surface area contributed by atoms with Crippen LogP contribution in [0.1, 0.15) is 11.9 Å². The summed E-state index contributed by atoms with van der Waals surface area (Å²) in [7, 11) is 0. The maximum atomic E-state index is 4.17. The molecular formula is C11H14N4S. The first-order valence-corrected chi connectivity index (χ1v) is 6.15. The second kappa shape index (κ2) is 5.67. The highest BCUT2D eigenvalue weighted by Crippen LogP contribution is 2.22. The fourth-order valence-electron chi connectivity index (χ4n) is 1.33. The molecule has 0 fully saturated rings. The molecule has 2 aromatic heterocycles. The van der Waals surface area contributed by atoms with Crippen LogP contribution >= 0.6 is 11.3 Å². The lowest BCUT2D eigenvalue weighted by Gasteiger charge is -1.96. The molecule has 0 unspecified atom stereocenters. The lowest BCUT2D eigenvalue weighted by molar-refractivity contribution is 0.710. The number of nitrogens with one attached hydrogen (secondary N) is 1. The maximum Gasteiger partial charge on any atom is 0.149 e. The van der Waals surface area contributed by atoms with Gasteiger partial charge in [0.1, 0.15) is 10.0 Å². The molecule has 0 aromatic carbocycles. The van der Waals surface area contributed by atoms with Crippen LogP contribution in [0.15, 0.2) is 24.5 Å². The Morgan fingerprint density at radius 2 is 2.31 bits per heavy atom. The zero-order valence-electron chi connectivity index (χ0n) is 9.18. The van der Waals surface area contributed by atoms with Crippen molar-refractivity contribution in [2.45, 2.75) is 13.3 Å². The van der Waals surface area contributed by atoms with E-state index in [1.807, 2.05) is 18.3 Å². The molecule has 0 bridgehead atoms. The molecule has 0 saturated carbocycles. The van der Waals surface area contributed by atoms with Crippen LogP contribution in [0.2, 0.25) is 0 Å². The smallest absolute Gasteiger partial charge is 0.149 e. The number of aromatic nitrogens is 3. The van der Waals surface area contributed by atoms with E-state index >= 15 is 0 Å². The minimum atomic E-state index is 0.936. The molecule has 0 saturated heterocycles. The van der Waals surface area contributed by atoms with Crippen molar-refractivity contribution in [1.29, 1.82) is 0 Å². The fourth-order valence-corrected chi connectivity index (χ4v) is 2.16. The Bertz CT molecular complexity index is 427. The highest BCUT2D eigenvalue weighted by atomic mass is 32.1. The first-order valence-electron chi connectivity index (χ1n) is 5.33. The van der Waals surface area contributed by atoms with E-state index in [0.717, 1.165) is 35.1 Å². The van der Waals surface area contributed by atoms with Gasteiger partial charge >= 0.3 is 0 Å². The summed E-state index contributed by atoms with van der Waals surface area (Å²) in [6.45, 7) is 4.05. The van der Waals surface area contributed by atoms with Gasteiger partial charge in [-0.3, -0.25) is 4.98 Å².